The molecule has 0 N–H and O–H groups in total. The molecule has 0 unspecified atom stereocenters. The van der Waals surface area contributed by atoms with Crippen LogP contribution in [0.2, 0.25) is 0 Å². The van der Waals surface area contributed by atoms with Crippen LogP contribution in [-0.4, -0.2) is 26.3 Å². The first-order chi connectivity index (χ1) is 13.6. The highest BCUT2D eigenvalue weighted by Crippen LogP contribution is 2.44. The normalized spacial score (nSPS) is 15.8. The van der Waals surface area contributed by atoms with Gasteiger partial charge in [-0.2, -0.15) is 0 Å². The number of benzene rings is 1. The molecule has 4 aromatic rings. The molecule has 0 spiro atoms. The SMILES string of the molecule is CCSc1ncnc2c1sc1nc(-c3ccccc3)c3c(c12)CC(C)(C)OC3. The monoisotopic (exact) mass is 407 g/mol. The van der Waals surface area contributed by atoms with Gasteiger partial charge in [0.05, 0.1) is 28.1 Å². The fraction of sp³-hybridized carbons (Fsp3) is 0.318. The van der Waals surface area contributed by atoms with Crippen molar-refractivity contribution < 1.29 is 4.74 Å². The first-order valence-corrected chi connectivity index (χ1v) is 11.3. The second-order valence-corrected chi connectivity index (χ2v) is 9.83. The molecule has 1 aliphatic rings. The van der Waals surface area contributed by atoms with Crippen molar-refractivity contribution in [2.45, 2.75) is 44.4 Å². The highest BCUT2D eigenvalue weighted by molar-refractivity contribution is 7.99. The smallest absolute Gasteiger partial charge is 0.127 e. The van der Waals surface area contributed by atoms with Crippen LogP contribution in [0.15, 0.2) is 41.7 Å². The number of fused-ring (bicyclic) bond motifs is 5. The molecule has 28 heavy (non-hydrogen) atoms. The van der Waals surface area contributed by atoms with E-state index >= 15 is 0 Å². The van der Waals surface area contributed by atoms with Gasteiger partial charge in [-0.05, 0) is 25.2 Å². The summed E-state index contributed by atoms with van der Waals surface area (Å²) in [6.45, 7) is 7.05. The van der Waals surface area contributed by atoms with Gasteiger partial charge in [0.1, 0.15) is 16.2 Å². The van der Waals surface area contributed by atoms with Gasteiger partial charge in [-0.15, -0.1) is 23.1 Å². The predicted octanol–water partition coefficient (Wildman–Crippen LogP) is 5.87. The summed E-state index contributed by atoms with van der Waals surface area (Å²) in [4.78, 5) is 15.4. The number of pyridine rings is 1. The number of nitrogens with zero attached hydrogens (tertiary/aromatic N) is 3. The summed E-state index contributed by atoms with van der Waals surface area (Å²) in [5.74, 6) is 0.988. The Bertz CT molecular complexity index is 1190. The maximum atomic E-state index is 6.18. The standard InChI is InChI=1S/C22H21N3OS2/c1-4-27-21-19-18(23-12-24-21)16-14-10-22(2,3)26-11-15(14)17(25-20(16)28-19)13-8-6-5-7-9-13/h5-9,12H,4,10-11H2,1-3H3. The first-order valence-electron chi connectivity index (χ1n) is 9.48. The number of ether oxygens (including phenoxy) is 1. The Morgan fingerprint density at radius 3 is 2.75 bits per heavy atom. The third kappa shape index (κ3) is 2.91. The van der Waals surface area contributed by atoms with Crippen molar-refractivity contribution in [3.05, 3.63) is 47.8 Å². The Hall–Kier alpha value is -2.02. The lowest BCUT2D eigenvalue weighted by Crippen LogP contribution is -2.32. The molecule has 3 aromatic heterocycles. The molecule has 0 saturated carbocycles. The lowest BCUT2D eigenvalue weighted by atomic mass is 9.88. The van der Waals surface area contributed by atoms with Gasteiger partial charge in [-0.25, -0.2) is 15.0 Å². The molecule has 1 aliphatic heterocycles. The van der Waals surface area contributed by atoms with Crippen molar-refractivity contribution in [2.75, 3.05) is 5.75 Å². The van der Waals surface area contributed by atoms with E-state index in [2.05, 4.69) is 55.0 Å². The van der Waals surface area contributed by atoms with Gasteiger partial charge in [0, 0.05) is 22.9 Å². The summed E-state index contributed by atoms with van der Waals surface area (Å²) < 4.78 is 7.33. The van der Waals surface area contributed by atoms with E-state index in [4.69, 9.17) is 9.72 Å². The van der Waals surface area contributed by atoms with E-state index in [1.54, 1.807) is 29.4 Å². The molecule has 0 aliphatic carbocycles. The summed E-state index contributed by atoms with van der Waals surface area (Å²) in [5, 5.41) is 2.24. The summed E-state index contributed by atoms with van der Waals surface area (Å²) in [5.41, 5.74) is 5.53. The van der Waals surface area contributed by atoms with Crippen molar-refractivity contribution in [3.8, 4) is 11.3 Å². The molecule has 4 heterocycles. The Balaban J connectivity index is 1.87. The van der Waals surface area contributed by atoms with E-state index in [1.807, 2.05) is 6.07 Å². The van der Waals surface area contributed by atoms with Gasteiger partial charge >= 0.3 is 0 Å². The Morgan fingerprint density at radius 2 is 1.96 bits per heavy atom. The van der Waals surface area contributed by atoms with Crippen molar-refractivity contribution >= 4 is 43.5 Å². The minimum Gasteiger partial charge on any atom is -0.370 e. The number of rotatable bonds is 3. The minimum absolute atomic E-state index is 0.197. The molecule has 0 amide bonds. The topological polar surface area (TPSA) is 47.9 Å². The van der Waals surface area contributed by atoms with Crippen LogP contribution in [0, 0.1) is 0 Å². The average molecular weight is 408 g/mol. The maximum absolute atomic E-state index is 6.18. The van der Waals surface area contributed by atoms with Crippen LogP contribution in [0.3, 0.4) is 0 Å². The van der Waals surface area contributed by atoms with Gasteiger partial charge in [0.2, 0.25) is 0 Å². The van der Waals surface area contributed by atoms with Crippen molar-refractivity contribution in [2.24, 2.45) is 0 Å². The summed E-state index contributed by atoms with van der Waals surface area (Å²) in [6.07, 6.45) is 2.54. The summed E-state index contributed by atoms with van der Waals surface area (Å²) in [7, 11) is 0. The highest BCUT2D eigenvalue weighted by Gasteiger charge is 2.32. The Kier molecular flexibility index (Phi) is 4.38. The van der Waals surface area contributed by atoms with E-state index in [-0.39, 0.29) is 5.60 Å². The molecule has 0 fully saturated rings. The second-order valence-electron chi connectivity index (χ2n) is 7.58. The molecule has 5 rings (SSSR count). The highest BCUT2D eigenvalue weighted by atomic mass is 32.2. The lowest BCUT2D eigenvalue weighted by Gasteiger charge is -2.33. The number of hydrogen-bond donors (Lipinski definition) is 0. The predicted molar refractivity (Wildman–Crippen MR) is 117 cm³/mol. The van der Waals surface area contributed by atoms with Crippen molar-refractivity contribution in [3.63, 3.8) is 0 Å². The molecule has 1 aromatic carbocycles. The molecule has 0 bridgehead atoms. The molecule has 0 saturated heterocycles. The zero-order chi connectivity index (χ0) is 19.3. The molecule has 6 heteroatoms. The van der Waals surface area contributed by atoms with Gasteiger partial charge in [0.25, 0.3) is 0 Å². The third-order valence-electron chi connectivity index (χ3n) is 5.12. The molecular weight excluding hydrogens is 386 g/mol. The van der Waals surface area contributed by atoms with Crippen LogP contribution in [0.25, 0.3) is 31.7 Å². The quantitative estimate of drug-likeness (QED) is 0.314. The van der Waals surface area contributed by atoms with Crippen molar-refractivity contribution in [1.82, 2.24) is 15.0 Å². The Labute approximate surface area is 172 Å². The van der Waals surface area contributed by atoms with Crippen LogP contribution >= 0.6 is 23.1 Å². The molecule has 0 radical (unpaired) electrons. The molecule has 4 nitrogen and oxygen atoms in total. The molecule has 142 valence electrons. The van der Waals surface area contributed by atoms with E-state index in [0.29, 0.717) is 6.61 Å². The largest absolute Gasteiger partial charge is 0.370 e. The van der Waals surface area contributed by atoms with Gasteiger partial charge in [-0.1, -0.05) is 37.3 Å². The zero-order valence-corrected chi connectivity index (χ0v) is 17.8. The van der Waals surface area contributed by atoms with Gasteiger partial charge < -0.3 is 4.74 Å². The van der Waals surface area contributed by atoms with Crippen LogP contribution in [0.5, 0.6) is 0 Å². The van der Waals surface area contributed by atoms with E-state index in [1.165, 1.54) is 16.5 Å². The fourth-order valence-electron chi connectivity index (χ4n) is 3.86. The third-order valence-corrected chi connectivity index (χ3v) is 7.20. The number of thioether (sulfide) groups is 1. The van der Waals surface area contributed by atoms with E-state index < -0.39 is 0 Å². The van der Waals surface area contributed by atoms with Gasteiger partial charge in [0.15, 0.2) is 0 Å². The number of hydrogen-bond acceptors (Lipinski definition) is 6. The van der Waals surface area contributed by atoms with Crippen LogP contribution in [0.4, 0.5) is 0 Å². The summed E-state index contributed by atoms with van der Waals surface area (Å²) >= 11 is 3.48. The van der Waals surface area contributed by atoms with Crippen LogP contribution in [-0.2, 0) is 17.8 Å². The van der Waals surface area contributed by atoms with Crippen LogP contribution in [0.1, 0.15) is 31.9 Å². The maximum Gasteiger partial charge on any atom is 0.127 e. The molecular formula is C22H21N3OS2. The number of thiophene rings is 1. The second kappa shape index (κ2) is 6.79. The summed E-state index contributed by atoms with van der Waals surface area (Å²) in [6, 6.07) is 10.4. The molecule has 0 atom stereocenters. The minimum atomic E-state index is -0.197. The van der Waals surface area contributed by atoms with Crippen LogP contribution < -0.4 is 0 Å². The van der Waals surface area contributed by atoms with E-state index in [0.717, 1.165) is 43.5 Å². The van der Waals surface area contributed by atoms with Gasteiger partial charge in [-0.3, -0.25) is 0 Å². The van der Waals surface area contributed by atoms with Crippen molar-refractivity contribution in [1.29, 1.82) is 0 Å². The Morgan fingerprint density at radius 1 is 1.14 bits per heavy atom. The lowest BCUT2D eigenvalue weighted by molar-refractivity contribution is -0.0394. The van der Waals surface area contributed by atoms with E-state index in [9.17, 15) is 0 Å². The fourth-order valence-corrected chi connectivity index (χ4v) is 5.83. The number of aromatic nitrogens is 3. The average Bonchev–Trinajstić information content (AvgIpc) is 3.07. The zero-order valence-electron chi connectivity index (χ0n) is 16.2. The first kappa shape index (κ1) is 18.0.